The molecule has 3 rings (SSSR count). The minimum Gasteiger partial charge on any atom is -0.368 e. The van der Waals surface area contributed by atoms with Gasteiger partial charge in [-0.25, -0.2) is 4.98 Å². The van der Waals surface area contributed by atoms with Gasteiger partial charge >= 0.3 is 0 Å². The summed E-state index contributed by atoms with van der Waals surface area (Å²) < 4.78 is 5.75. The molecular weight excluding hydrogens is 304 g/mol. The van der Waals surface area contributed by atoms with Gasteiger partial charge in [0, 0.05) is 37.6 Å². The molecule has 1 fully saturated rings. The number of halogens is 1. The lowest BCUT2D eigenvalue weighted by atomic mass is 10.2. The Labute approximate surface area is 133 Å². The van der Waals surface area contributed by atoms with Crippen molar-refractivity contribution in [2.45, 2.75) is 19.6 Å². The highest BCUT2D eigenvalue weighted by atomic mass is 35.5. The van der Waals surface area contributed by atoms with Gasteiger partial charge in [0.25, 0.3) is 5.56 Å². The summed E-state index contributed by atoms with van der Waals surface area (Å²) in [7, 11) is 0. The highest BCUT2D eigenvalue weighted by Crippen LogP contribution is 2.20. The summed E-state index contributed by atoms with van der Waals surface area (Å²) in [5.41, 5.74) is 1.50. The molecule has 2 aromatic rings. The van der Waals surface area contributed by atoms with Crippen LogP contribution in [0.4, 0.5) is 0 Å². The molecule has 1 atom stereocenters. The third-order valence-electron chi connectivity index (χ3n) is 3.52. The second-order valence-electron chi connectivity index (χ2n) is 5.33. The molecule has 1 aliphatic heterocycles. The zero-order chi connectivity index (χ0) is 15.5. The van der Waals surface area contributed by atoms with E-state index in [0.29, 0.717) is 36.2 Å². The molecule has 116 valence electrons. The summed E-state index contributed by atoms with van der Waals surface area (Å²) in [4.78, 5) is 25.2. The van der Waals surface area contributed by atoms with Crippen molar-refractivity contribution < 1.29 is 4.74 Å². The number of aromatic amines is 1. The molecule has 0 aromatic carbocycles. The first-order chi connectivity index (χ1) is 10.6. The Morgan fingerprint density at radius 1 is 1.50 bits per heavy atom. The average Bonchev–Trinajstić information content (AvgIpc) is 2.49. The van der Waals surface area contributed by atoms with Gasteiger partial charge in [0.15, 0.2) is 0 Å². The first kappa shape index (κ1) is 15.1. The number of rotatable bonds is 3. The number of ether oxygens (including phenoxy) is 1. The second-order valence-corrected chi connectivity index (χ2v) is 5.77. The number of nitrogens with one attached hydrogen (secondary N) is 1. The fraction of sp³-hybridized carbons (Fsp3) is 0.400. The van der Waals surface area contributed by atoms with Crippen LogP contribution in [0.25, 0.3) is 0 Å². The van der Waals surface area contributed by atoms with Crippen LogP contribution in [0, 0.1) is 6.92 Å². The van der Waals surface area contributed by atoms with Crippen LogP contribution in [0.3, 0.4) is 0 Å². The number of nitrogens with zero attached hydrogens (tertiary/aromatic N) is 3. The number of hydrogen-bond donors (Lipinski definition) is 1. The Hall–Kier alpha value is -1.76. The van der Waals surface area contributed by atoms with Crippen molar-refractivity contribution in [1.29, 1.82) is 0 Å². The molecular formula is C15H17ClN4O2. The van der Waals surface area contributed by atoms with Crippen molar-refractivity contribution in [3.05, 3.63) is 57.0 Å². The van der Waals surface area contributed by atoms with Gasteiger partial charge in [-0.3, -0.25) is 14.7 Å². The molecule has 0 radical (unpaired) electrons. The molecule has 3 heterocycles. The summed E-state index contributed by atoms with van der Waals surface area (Å²) >= 11 is 5.85. The number of morpholine rings is 1. The van der Waals surface area contributed by atoms with E-state index in [4.69, 9.17) is 16.3 Å². The largest absolute Gasteiger partial charge is 0.368 e. The molecule has 0 spiro atoms. The van der Waals surface area contributed by atoms with E-state index in [0.717, 1.165) is 12.2 Å². The number of aryl methyl sites for hydroxylation is 1. The van der Waals surface area contributed by atoms with Gasteiger partial charge < -0.3 is 9.72 Å². The first-order valence-electron chi connectivity index (χ1n) is 7.12. The Bertz CT molecular complexity index is 701. The molecule has 6 nitrogen and oxygen atoms in total. The zero-order valence-corrected chi connectivity index (χ0v) is 13.0. The van der Waals surface area contributed by atoms with Crippen molar-refractivity contribution in [3.8, 4) is 0 Å². The Morgan fingerprint density at radius 3 is 3.09 bits per heavy atom. The maximum Gasteiger partial charge on any atom is 0.251 e. The topological polar surface area (TPSA) is 71.1 Å². The highest BCUT2D eigenvalue weighted by Gasteiger charge is 2.24. The van der Waals surface area contributed by atoms with Gasteiger partial charge in [-0.2, -0.15) is 0 Å². The maximum atomic E-state index is 11.6. The van der Waals surface area contributed by atoms with Gasteiger partial charge in [0.2, 0.25) is 0 Å². The van der Waals surface area contributed by atoms with Crippen LogP contribution in [-0.4, -0.2) is 39.5 Å². The number of H-pyrrole nitrogens is 1. The Morgan fingerprint density at radius 2 is 2.36 bits per heavy atom. The minimum absolute atomic E-state index is 0.150. The summed E-state index contributed by atoms with van der Waals surface area (Å²) in [5.74, 6) is 0.582. The highest BCUT2D eigenvalue weighted by molar-refractivity contribution is 6.30. The standard InChI is InChI=1S/C15H17ClN4O2/c1-10-6-14(21)19-15(18-10)13-9-20(4-5-22-13)8-12-3-2-11(16)7-17-12/h2-3,6-7,13H,4-5,8-9H2,1H3,(H,18,19,21). The monoisotopic (exact) mass is 320 g/mol. The molecule has 7 heteroatoms. The SMILES string of the molecule is Cc1cc(=O)[nH]c(C2CN(Cc3ccc(Cl)cn3)CCO2)n1. The molecule has 2 aromatic heterocycles. The van der Waals surface area contributed by atoms with E-state index >= 15 is 0 Å². The summed E-state index contributed by atoms with van der Waals surface area (Å²) in [6.07, 6.45) is 1.42. The molecule has 1 unspecified atom stereocenters. The van der Waals surface area contributed by atoms with Crippen molar-refractivity contribution >= 4 is 11.6 Å². The number of aromatic nitrogens is 3. The third kappa shape index (κ3) is 3.71. The molecule has 1 saturated heterocycles. The number of pyridine rings is 1. The van der Waals surface area contributed by atoms with Crippen molar-refractivity contribution in [2.75, 3.05) is 19.7 Å². The van der Waals surface area contributed by atoms with E-state index in [1.54, 1.807) is 13.1 Å². The first-order valence-corrected chi connectivity index (χ1v) is 7.50. The van der Waals surface area contributed by atoms with Crippen LogP contribution in [0.1, 0.15) is 23.3 Å². The van der Waals surface area contributed by atoms with Gasteiger partial charge in [-0.05, 0) is 19.1 Å². The lowest BCUT2D eigenvalue weighted by molar-refractivity contribution is -0.0377. The van der Waals surface area contributed by atoms with Crippen LogP contribution < -0.4 is 5.56 Å². The van der Waals surface area contributed by atoms with Gasteiger partial charge in [0.05, 0.1) is 17.3 Å². The van der Waals surface area contributed by atoms with E-state index in [1.165, 1.54) is 6.07 Å². The van der Waals surface area contributed by atoms with E-state index in [1.807, 2.05) is 12.1 Å². The van der Waals surface area contributed by atoms with Crippen LogP contribution in [0.5, 0.6) is 0 Å². The second kappa shape index (κ2) is 6.56. The Balaban J connectivity index is 1.71. The van der Waals surface area contributed by atoms with Crippen LogP contribution in [-0.2, 0) is 11.3 Å². The average molecular weight is 321 g/mol. The van der Waals surface area contributed by atoms with Crippen molar-refractivity contribution in [3.63, 3.8) is 0 Å². The van der Waals surface area contributed by atoms with Crippen LogP contribution in [0.2, 0.25) is 5.02 Å². The van der Waals surface area contributed by atoms with Crippen molar-refractivity contribution in [1.82, 2.24) is 19.9 Å². The summed E-state index contributed by atoms with van der Waals surface area (Å²) in [6.45, 7) is 4.59. The van der Waals surface area contributed by atoms with Gasteiger partial charge in [0.1, 0.15) is 11.9 Å². The molecule has 0 aliphatic carbocycles. The third-order valence-corrected chi connectivity index (χ3v) is 3.74. The zero-order valence-electron chi connectivity index (χ0n) is 12.3. The van der Waals surface area contributed by atoms with E-state index < -0.39 is 0 Å². The van der Waals surface area contributed by atoms with E-state index in [9.17, 15) is 4.79 Å². The molecule has 0 amide bonds. The van der Waals surface area contributed by atoms with Crippen LogP contribution in [0.15, 0.2) is 29.2 Å². The van der Waals surface area contributed by atoms with E-state index in [2.05, 4.69) is 19.9 Å². The summed E-state index contributed by atoms with van der Waals surface area (Å²) in [6, 6.07) is 5.22. The lowest BCUT2D eigenvalue weighted by Crippen LogP contribution is -2.39. The fourth-order valence-corrected chi connectivity index (χ4v) is 2.61. The molecule has 1 aliphatic rings. The molecule has 0 bridgehead atoms. The molecule has 22 heavy (non-hydrogen) atoms. The smallest absolute Gasteiger partial charge is 0.251 e. The van der Waals surface area contributed by atoms with Gasteiger partial charge in [-0.15, -0.1) is 0 Å². The van der Waals surface area contributed by atoms with Crippen molar-refractivity contribution in [2.24, 2.45) is 0 Å². The minimum atomic E-state index is -0.228. The predicted molar refractivity (Wildman–Crippen MR) is 82.8 cm³/mol. The fourth-order valence-electron chi connectivity index (χ4n) is 2.50. The Kier molecular flexibility index (Phi) is 4.52. The normalized spacial score (nSPS) is 19.3. The molecule has 0 saturated carbocycles. The summed E-state index contributed by atoms with van der Waals surface area (Å²) in [5, 5.41) is 0.630. The van der Waals surface area contributed by atoms with Crippen LogP contribution >= 0.6 is 11.6 Å². The number of hydrogen-bond acceptors (Lipinski definition) is 5. The predicted octanol–water partition coefficient (Wildman–Crippen LogP) is 1.70. The van der Waals surface area contributed by atoms with E-state index in [-0.39, 0.29) is 11.7 Å². The quantitative estimate of drug-likeness (QED) is 0.932. The maximum absolute atomic E-state index is 11.6. The van der Waals surface area contributed by atoms with Gasteiger partial charge in [-0.1, -0.05) is 11.6 Å². The lowest BCUT2D eigenvalue weighted by Gasteiger charge is -2.32. The molecule has 1 N–H and O–H groups in total.